The van der Waals surface area contributed by atoms with Crippen LogP contribution in [0.1, 0.15) is 6.42 Å². The first-order valence-electron chi connectivity index (χ1n) is 5.51. The Hall–Kier alpha value is -0.820. The number of amides is 2. The van der Waals surface area contributed by atoms with Gasteiger partial charge < -0.3 is 16.0 Å². The molecule has 16 heavy (non-hydrogen) atoms. The molecule has 1 unspecified atom stereocenters. The molecule has 2 rings (SSSR count). The highest BCUT2D eigenvalue weighted by Gasteiger charge is 2.29. The first-order chi connectivity index (χ1) is 7.55. The first kappa shape index (κ1) is 11.7. The van der Waals surface area contributed by atoms with Gasteiger partial charge in [0.15, 0.2) is 9.84 Å². The molecular weight excluding hydrogens is 230 g/mol. The van der Waals surface area contributed by atoms with E-state index in [1.54, 1.807) is 0 Å². The van der Waals surface area contributed by atoms with Gasteiger partial charge in [0.1, 0.15) is 0 Å². The van der Waals surface area contributed by atoms with Gasteiger partial charge in [-0.2, -0.15) is 0 Å². The number of nitrogens with one attached hydrogen (secondary N) is 3. The molecule has 0 aromatic carbocycles. The highest BCUT2D eigenvalue weighted by atomic mass is 32.2. The minimum absolute atomic E-state index is 0.0748. The minimum atomic E-state index is -2.92. The van der Waals surface area contributed by atoms with Crippen LogP contribution in [0.25, 0.3) is 0 Å². The Morgan fingerprint density at radius 1 is 1.38 bits per heavy atom. The topological polar surface area (TPSA) is 87.3 Å². The molecule has 3 N–H and O–H groups in total. The molecule has 6 nitrogen and oxygen atoms in total. The number of rotatable bonds is 3. The largest absolute Gasteiger partial charge is 0.338 e. The van der Waals surface area contributed by atoms with Crippen molar-refractivity contribution in [3.05, 3.63) is 0 Å². The number of carbonyl (C=O) groups is 1. The van der Waals surface area contributed by atoms with Crippen molar-refractivity contribution in [2.24, 2.45) is 5.92 Å². The second-order valence-electron chi connectivity index (χ2n) is 4.48. The van der Waals surface area contributed by atoms with Crippen molar-refractivity contribution in [2.45, 2.75) is 12.5 Å². The van der Waals surface area contributed by atoms with Crippen LogP contribution in [0.2, 0.25) is 0 Å². The van der Waals surface area contributed by atoms with E-state index >= 15 is 0 Å². The third-order valence-corrected chi connectivity index (χ3v) is 4.75. The lowest BCUT2D eigenvalue weighted by atomic mass is 10.0. The Morgan fingerprint density at radius 3 is 2.62 bits per heavy atom. The van der Waals surface area contributed by atoms with Crippen LogP contribution in [0, 0.1) is 5.92 Å². The fraction of sp³-hybridized carbons (Fsp3) is 0.889. The molecule has 1 atom stereocenters. The summed E-state index contributed by atoms with van der Waals surface area (Å²) in [5.41, 5.74) is 0. The quantitative estimate of drug-likeness (QED) is 0.578. The summed E-state index contributed by atoms with van der Waals surface area (Å²) in [6, 6.07) is -0.474. The van der Waals surface area contributed by atoms with E-state index in [0.717, 1.165) is 13.1 Å². The van der Waals surface area contributed by atoms with Gasteiger partial charge in [0.25, 0.3) is 0 Å². The van der Waals surface area contributed by atoms with Crippen molar-refractivity contribution >= 4 is 15.9 Å². The van der Waals surface area contributed by atoms with Crippen LogP contribution in [-0.4, -0.2) is 51.6 Å². The molecule has 92 valence electrons. The molecule has 2 amide bonds. The van der Waals surface area contributed by atoms with Gasteiger partial charge in [0, 0.05) is 31.6 Å². The van der Waals surface area contributed by atoms with E-state index in [-0.39, 0.29) is 23.6 Å². The number of hydrogen-bond acceptors (Lipinski definition) is 4. The van der Waals surface area contributed by atoms with Crippen LogP contribution in [0.5, 0.6) is 0 Å². The molecule has 2 fully saturated rings. The van der Waals surface area contributed by atoms with Crippen LogP contribution in [0.3, 0.4) is 0 Å². The van der Waals surface area contributed by atoms with Crippen LogP contribution in [0.4, 0.5) is 4.79 Å². The van der Waals surface area contributed by atoms with E-state index in [9.17, 15) is 13.2 Å². The van der Waals surface area contributed by atoms with Crippen molar-refractivity contribution in [1.82, 2.24) is 16.0 Å². The normalized spacial score (nSPS) is 28.4. The molecule has 0 spiro atoms. The first-order valence-corrected chi connectivity index (χ1v) is 7.33. The smallest absolute Gasteiger partial charge is 0.315 e. The van der Waals surface area contributed by atoms with Crippen molar-refractivity contribution in [2.75, 3.05) is 31.1 Å². The summed E-state index contributed by atoms with van der Waals surface area (Å²) in [7, 11) is -2.92. The zero-order valence-electron chi connectivity index (χ0n) is 9.03. The zero-order valence-corrected chi connectivity index (χ0v) is 9.85. The number of urea groups is 1. The molecular formula is C9H17N3O3S. The predicted octanol–water partition coefficient (Wildman–Crippen LogP) is -1.31. The Balaban J connectivity index is 1.67. The van der Waals surface area contributed by atoms with E-state index < -0.39 is 9.84 Å². The fourth-order valence-corrected chi connectivity index (χ4v) is 3.55. The van der Waals surface area contributed by atoms with Crippen LogP contribution < -0.4 is 16.0 Å². The van der Waals surface area contributed by atoms with E-state index in [4.69, 9.17) is 0 Å². The Bertz CT molecular complexity index is 364. The molecule has 0 aromatic heterocycles. The summed E-state index contributed by atoms with van der Waals surface area (Å²) in [6.07, 6.45) is 0.529. The summed E-state index contributed by atoms with van der Waals surface area (Å²) in [5, 5.41) is 8.56. The molecule has 2 heterocycles. The summed E-state index contributed by atoms with van der Waals surface area (Å²) < 4.78 is 22.3. The number of carbonyl (C=O) groups excluding carboxylic acids is 1. The maximum Gasteiger partial charge on any atom is 0.315 e. The van der Waals surface area contributed by atoms with Gasteiger partial charge >= 0.3 is 6.03 Å². The van der Waals surface area contributed by atoms with Crippen LogP contribution in [0.15, 0.2) is 0 Å². The van der Waals surface area contributed by atoms with E-state index in [1.165, 1.54) is 0 Å². The second-order valence-corrected chi connectivity index (χ2v) is 6.71. The van der Waals surface area contributed by atoms with Gasteiger partial charge in [-0.25, -0.2) is 13.2 Å². The molecule has 0 aliphatic carbocycles. The molecule has 0 saturated carbocycles. The molecule has 2 saturated heterocycles. The average Bonchev–Trinajstić information content (AvgIpc) is 2.42. The van der Waals surface area contributed by atoms with Gasteiger partial charge in [0.05, 0.1) is 11.5 Å². The molecule has 0 bridgehead atoms. The lowest BCUT2D eigenvalue weighted by molar-refractivity contribution is 0.232. The van der Waals surface area contributed by atoms with Gasteiger partial charge in [-0.3, -0.25) is 0 Å². The summed E-state index contributed by atoms with van der Waals surface area (Å²) in [5.74, 6) is 0.772. The standard InChI is InChI=1S/C9H17N3O3S/c13-9(11-5-7-3-10-4-7)12-8-1-2-16(14,15)6-8/h7-8,10H,1-6H2,(H2,11,12,13). The van der Waals surface area contributed by atoms with E-state index in [0.29, 0.717) is 18.9 Å². The fourth-order valence-electron chi connectivity index (χ4n) is 1.88. The Kier molecular flexibility index (Phi) is 3.34. The van der Waals surface area contributed by atoms with Crippen LogP contribution in [-0.2, 0) is 9.84 Å². The lowest BCUT2D eigenvalue weighted by Crippen LogP contribution is -2.51. The second kappa shape index (κ2) is 4.58. The Morgan fingerprint density at radius 2 is 2.12 bits per heavy atom. The van der Waals surface area contributed by atoms with E-state index in [2.05, 4.69) is 16.0 Å². The van der Waals surface area contributed by atoms with Crippen molar-refractivity contribution in [3.8, 4) is 0 Å². The van der Waals surface area contributed by atoms with Gasteiger partial charge in [-0.1, -0.05) is 0 Å². The Labute approximate surface area is 95.1 Å². The van der Waals surface area contributed by atoms with Gasteiger partial charge in [-0.05, 0) is 6.42 Å². The van der Waals surface area contributed by atoms with Crippen molar-refractivity contribution in [1.29, 1.82) is 0 Å². The monoisotopic (exact) mass is 247 g/mol. The number of hydrogen-bond donors (Lipinski definition) is 3. The van der Waals surface area contributed by atoms with Crippen LogP contribution >= 0.6 is 0 Å². The molecule has 2 aliphatic heterocycles. The highest BCUT2D eigenvalue weighted by molar-refractivity contribution is 7.91. The highest BCUT2D eigenvalue weighted by Crippen LogP contribution is 2.10. The lowest BCUT2D eigenvalue weighted by Gasteiger charge is -2.27. The third-order valence-electron chi connectivity index (χ3n) is 2.98. The summed E-state index contributed by atoms with van der Waals surface area (Å²) in [6.45, 7) is 2.54. The maximum atomic E-state index is 11.4. The summed E-state index contributed by atoms with van der Waals surface area (Å²) >= 11 is 0. The predicted molar refractivity (Wildman–Crippen MR) is 60.0 cm³/mol. The third kappa shape index (κ3) is 3.08. The summed E-state index contributed by atoms with van der Waals surface area (Å²) in [4.78, 5) is 11.4. The molecule has 7 heteroatoms. The molecule has 0 radical (unpaired) electrons. The van der Waals surface area contributed by atoms with Crippen molar-refractivity contribution < 1.29 is 13.2 Å². The maximum absolute atomic E-state index is 11.4. The molecule has 2 aliphatic rings. The molecule has 0 aromatic rings. The van der Waals surface area contributed by atoms with Crippen molar-refractivity contribution in [3.63, 3.8) is 0 Å². The van der Waals surface area contributed by atoms with E-state index in [1.807, 2.05) is 0 Å². The number of sulfone groups is 1. The average molecular weight is 247 g/mol. The minimum Gasteiger partial charge on any atom is -0.338 e. The SMILES string of the molecule is O=C(NCC1CNC1)NC1CCS(=O)(=O)C1. The zero-order chi connectivity index (χ0) is 11.6. The van der Waals surface area contributed by atoms with Gasteiger partial charge in [-0.15, -0.1) is 0 Å². The van der Waals surface area contributed by atoms with Gasteiger partial charge in [0.2, 0.25) is 0 Å².